The first kappa shape index (κ1) is 19.6. The van der Waals surface area contributed by atoms with Crippen LogP contribution in [0.5, 0.6) is 5.75 Å². The standard InChI is InChI=1S/C22H25N3O3S/c1-3-25-14-16(28-19-7-5-4-6-18(19)25)13-24(2)22(27)15-8-9-20-17(12-15)23-21(26)10-11-29-20/h4-9,12,16H,3,10-11,13-14H2,1-2H3,(H,23,26). The third-order valence-corrected chi connectivity index (χ3v) is 6.29. The Morgan fingerprint density at radius 1 is 1.31 bits per heavy atom. The molecule has 2 aliphatic heterocycles. The third-order valence-electron chi connectivity index (χ3n) is 5.22. The molecule has 1 N–H and O–H groups in total. The van der Waals surface area contributed by atoms with Crippen LogP contribution < -0.4 is 15.0 Å². The molecule has 0 saturated heterocycles. The molecule has 152 valence electrons. The van der Waals surface area contributed by atoms with E-state index in [2.05, 4.69) is 23.2 Å². The van der Waals surface area contributed by atoms with Crippen LogP contribution in [0, 0.1) is 0 Å². The van der Waals surface area contributed by atoms with Gasteiger partial charge in [0.05, 0.1) is 24.5 Å². The van der Waals surface area contributed by atoms with Crippen LogP contribution in [-0.4, -0.2) is 55.3 Å². The number of likely N-dealkylation sites (N-methyl/N-ethyl adjacent to an activating group) is 2. The number of hydrogen-bond acceptors (Lipinski definition) is 5. The smallest absolute Gasteiger partial charge is 0.253 e. The molecule has 1 atom stereocenters. The van der Waals surface area contributed by atoms with Gasteiger partial charge in [-0.05, 0) is 37.3 Å². The molecule has 4 rings (SSSR count). The molecule has 2 aromatic rings. The second-order valence-electron chi connectivity index (χ2n) is 7.29. The number of para-hydroxylation sites is 2. The van der Waals surface area contributed by atoms with Gasteiger partial charge in [-0.3, -0.25) is 9.59 Å². The molecule has 0 radical (unpaired) electrons. The number of benzene rings is 2. The van der Waals surface area contributed by atoms with Crippen molar-refractivity contribution in [3.05, 3.63) is 48.0 Å². The van der Waals surface area contributed by atoms with Crippen molar-refractivity contribution in [3.63, 3.8) is 0 Å². The van der Waals surface area contributed by atoms with Crippen LogP contribution >= 0.6 is 11.8 Å². The predicted octanol–water partition coefficient (Wildman–Crippen LogP) is 3.48. The minimum absolute atomic E-state index is 0.0110. The van der Waals surface area contributed by atoms with E-state index in [9.17, 15) is 9.59 Å². The van der Waals surface area contributed by atoms with Gasteiger partial charge in [-0.1, -0.05) is 12.1 Å². The van der Waals surface area contributed by atoms with Crippen LogP contribution in [0.4, 0.5) is 11.4 Å². The summed E-state index contributed by atoms with van der Waals surface area (Å²) in [6.45, 7) is 4.23. The van der Waals surface area contributed by atoms with E-state index in [0.29, 0.717) is 18.5 Å². The molecular formula is C22H25N3O3S. The summed E-state index contributed by atoms with van der Waals surface area (Å²) in [6, 6.07) is 13.5. The Morgan fingerprint density at radius 3 is 2.97 bits per heavy atom. The SMILES string of the molecule is CCN1CC(CN(C)C(=O)c2ccc3c(c2)NC(=O)CCS3)Oc2ccccc21. The molecule has 0 aromatic heterocycles. The Morgan fingerprint density at radius 2 is 2.14 bits per heavy atom. The summed E-state index contributed by atoms with van der Waals surface area (Å²) < 4.78 is 6.15. The Bertz CT molecular complexity index is 933. The second-order valence-corrected chi connectivity index (χ2v) is 8.43. The van der Waals surface area contributed by atoms with Crippen LogP contribution in [0.25, 0.3) is 0 Å². The molecule has 2 heterocycles. The molecule has 0 spiro atoms. The van der Waals surface area contributed by atoms with Gasteiger partial charge in [0.1, 0.15) is 11.9 Å². The summed E-state index contributed by atoms with van der Waals surface area (Å²) in [4.78, 5) is 29.8. The molecule has 2 aliphatic rings. The maximum absolute atomic E-state index is 13.0. The number of nitrogens with zero attached hydrogens (tertiary/aromatic N) is 2. The molecule has 6 nitrogen and oxygen atoms in total. The van der Waals surface area contributed by atoms with E-state index >= 15 is 0 Å². The molecule has 0 aliphatic carbocycles. The number of anilines is 2. The molecule has 0 saturated carbocycles. The minimum Gasteiger partial charge on any atom is -0.485 e. The van der Waals surface area contributed by atoms with Crippen molar-refractivity contribution in [1.82, 2.24) is 4.90 Å². The number of carbonyl (C=O) groups is 2. The fourth-order valence-corrected chi connectivity index (χ4v) is 4.67. The van der Waals surface area contributed by atoms with Crippen molar-refractivity contribution < 1.29 is 14.3 Å². The zero-order valence-corrected chi connectivity index (χ0v) is 17.5. The van der Waals surface area contributed by atoms with E-state index in [1.165, 1.54) is 0 Å². The molecule has 0 bridgehead atoms. The van der Waals surface area contributed by atoms with Crippen LogP contribution in [0.2, 0.25) is 0 Å². The summed E-state index contributed by atoms with van der Waals surface area (Å²) in [5, 5.41) is 2.90. The number of nitrogens with one attached hydrogen (secondary N) is 1. The molecule has 7 heteroatoms. The van der Waals surface area contributed by atoms with Crippen LogP contribution in [0.15, 0.2) is 47.4 Å². The first-order valence-electron chi connectivity index (χ1n) is 9.88. The lowest BCUT2D eigenvalue weighted by Crippen LogP contribution is -2.46. The summed E-state index contributed by atoms with van der Waals surface area (Å²) in [5.74, 6) is 1.52. The molecule has 2 amide bonds. The highest BCUT2D eigenvalue weighted by Crippen LogP contribution is 2.34. The molecular weight excluding hydrogens is 386 g/mol. The predicted molar refractivity (Wildman–Crippen MR) is 116 cm³/mol. The van der Waals surface area contributed by atoms with Gasteiger partial charge >= 0.3 is 0 Å². The average Bonchev–Trinajstić information content (AvgIpc) is 2.92. The first-order valence-corrected chi connectivity index (χ1v) is 10.9. The first-order chi connectivity index (χ1) is 14.0. The van der Waals surface area contributed by atoms with E-state index in [-0.39, 0.29) is 17.9 Å². The zero-order chi connectivity index (χ0) is 20.4. The molecule has 1 unspecified atom stereocenters. The number of fused-ring (bicyclic) bond motifs is 2. The Balaban J connectivity index is 1.47. The van der Waals surface area contributed by atoms with Gasteiger partial charge in [0.15, 0.2) is 0 Å². The van der Waals surface area contributed by atoms with E-state index in [1.807, 2.05) is 30.3 Å². The van der Waals surface area contributed by atoms with Crippen molar-refractivity contribution in [2.75, 3.05) is 42.7 Å². The van der Waals surface area contributed by atoms with Crippen LogP contribution in [0.3, 0.4) is 0 Å². The summed E-state index contributed by atoms with van der Waals surface area (Å²) in [6.07, 6.45) is 0.381. The summed E-state index contributed by atoms with van der Waals surface area (Å²) in [5.41, 5.74) is 2.38. The maximum Gasteiger partial charge on any atom is 0.253 e. The normalized spacial score (nSPS) is 18.1. The molecule has 29 heavy (non-hydrogen) atoms. The maximum atomic E-state index is 13.0. The molecule has 0 fully saturated rings. The third kappa shape index (κ3) is 4.19. The highest BCUT2D eigenvalue weighted by Gasteiger charge is 2.27. The molecule has 2 aromatic carbocycles. The van der Waals surface area contributed by atoms with Crippen molar-refractivity contribution >= 4 is 35.0 Å². The van der Waals surface area contributed by atoms with Crippen LogP contribution in [-0.2, 0) is 4.79 Å². The van der Waals surface area contributed by atoms with Crippen molar-refractivity contribution in [2.45, 2.75) is 24.3 Å². The van der Waals surface area contributed by atoms with Crippen molar-refractivity contribution in [2.24, 2.45) is 0 Å². The fraction of sp³-hybridized carbons (Fsp3) is 0.364. The van der Waals surface area contributed by atoms with Crippen molar-refractivity contribution in [1.29, 1.82) is 0 Å². The Labute approximate surface area is 175 Å². The quantitative estimate of drug-likeness (QED) is 0.835. The van der Waals surface area contributed by atoms with Gasteiger partial charge in [0.25, 0.3) is 5.91 Å². The van der Waals surface area contributed by atoms with Gasteiger partial charge in [-0.15, -0.1) is 11.8 Å². The number of carbonyl (C=O) groups excluding carboxylic acids is 2. The number of hydrogen-bond donors (Lipinski definition) is 1. The van der Waals surface area contributed by atoms with E-state index in [1.54, 1.807) is 29.8 Å². The number of rotatable bonds is 4. The number of ether oxygens (including phenoxy) is 1. The lowest BCUT2D eigenvalue weighted by atomic mass is 10.1. The number of thioether (sulfide) groups is 1. The average molecular weight is 412 g/mol. The van der Waals surface area contributed by atoms with E-state index in [0.717, 1.165) is 40.9 Å². The minimum atomic E-state index is -0.102. The van der Waals surface area contributed by atoms with Gasteiger partial charge < -0.3 is 19.9 Å². The monoisotopic (exact) mass is 411 g/mol. The lowest BCUT2D eigenvalue weighted by molar-refractivity contribution is -0.115. The Hall–Kier alpha value is -2.67. The second kappa shape index (κ2) is 8.37. The van der Waals surface area contributed by atoms with Gasteiger partial charge in [0.2, 0.25) is 5.91 Å². The van der Waals surface area contributed by atoms with Crippen LogP contribution in [0.1, 0.15) is 23.7 Å². The van der Waals surface area contributed by atoms with Gasteiger partial charge in [-0.2, -0.15) is 0 Å². The zero-order valence-electron chi connectivity index (χ0n) is 16.7. The fourth-order valence-electron chi connectivity index (χ4n) is 3.74. The summed E-state index contributed by atoms with van der Waals surface area (Å²) in [7, 11) is 1.79. The van der Waals surface area contributed by atoms with E-state index in [4.69, 9.17) is 4.74 Å². The summed E-state index contributed by atoms with van der Waals surface area (Å²) >= 11 is 1.63. The van der Waals surface area contributed by atoms with E-state index < -0.39 is 0 Å². The lowest BCUT2D eigenvalue weighted by Gasteiger charge is -2.37. The largest absolute Gasteiger partial charge is 0.485 e. The van der Waals surface area contributed by atoms with Gasteiger partial charge in [-0.25, -0.2) is 0 Å². The topological polar surface area (TPSA) is 61.9 Å². The highest BCUT2D eigenvalue weighted by atomic mass is 32.2. The van der Waals surface area contributed by atoms with Gasteiger partial charge in [0, 0.05) is 36.2 Å². The highest BCUT2D eigenvalue weighted by molar-refractivity contribution is 7.99. The number of amides is 2. The Kier molecular flexibility index (Phi) is 5.67. The van der Waals surface area contributed by atoms with Crippen molar-refractivity contribution in [3.8, 4) is 5.75 Å².